The highest BCUT2D eigenvalue weighted by molar-refractivity contribution is 6.39. The minimum Gasteiger partial charge on any atom is -0.490 e. The van der Waals surface area contributed by atoms with Gasteiger partial charge in [-0.05, 0) is 43.0 Å². The highest BCUT2D eigenvalue weighted by atomic mass is 16.5. The molecule has 5 nitrogen and oxygen atoms in total. The van der Waals surface area contributed by atoms with Crippen LogP contribution in [0, 0.1) is 5.92 Å². The van der Waals surface area contributed by atoms with Crippen molar-refractivity contribution in [2.24, 2.45) is 5.92 Å². The lowest BCUT2D eigenvalue weighted by atomic mass is 9.86. The molecule has 1 aromatic rings. The van der Waals surface area contributed by atoms with Crippen molar-refractivity contribution < 1.29 is 14.3 Å². The van der Waals surface area contributed by atoms with Crippen LogP contribution in [0.1, 0.15) is 32.6 Å². The van der Waals surface area contributed by atoms with Crippen LogP contribution in [0.5, 0.6) is 5.75 Å². The third kappa shape index (κ3) is 5.13. The van der Waals surface area contributed by atoms with Crippen LogP contribution in [0.3, 0.4) is 0 Å². The van der Waals surface area contributed by atoms with Crippen LogP contribution in [0.15, 0.2) is 36.9 Å². The summed E-state index contributed by atoms with van der Waals surface area (Å²) in [6, 6.07) is 6.97. The Kier molecular flexibility index (Phi) is 6.20. The molecular formula is C18H24N2O3. The van der Waals surface area contributed by atoms with Gasteiger partial charge < -0.3 is 15.4 Å². The molecule has 0 heterocycles. The standard InChI is InChI=1S/C18H24N2O3/c1-3-12-23-15-10-8-14(9-11-15)19-17(21)18(22)20-16-7-5-4-6-13(16)2/h3,8-11,13,16H,1,4-7,12H2,2H3,(H,19,21)(H,20,22)/t13-,16+/m0/s1. The normalized spacial score (nSPS) is 20.4. The Labute approximate surface area is 137 Å². The molecule has 0 bridgehead atoms. The highest BCUT2D eigenvalue weighted by Crippen LogP contribution is 2.23. The summed E-state index contributed by atoms with van der Waals surface area (Å²) >= 11 is 0. The van der Waals surface area contributed by atoms with Crippen LogP contribution < -0.4 is 15.4 Å². The number of hydrogen-bond donors (Lipinski definition) is 2. The molecule has 5 heteroatoms. The lowest BCUT2D eigenvalue weighted by Gasteiger charge is -2.29. The number of benzene rings is 1. The number of carbonyl (C=O) groups excluding carboxylic acids is 2. The van der Waals surface area contributed by atoms with Gasteiger partial charge in [0, 0.05) is 11.7 Å². The summed E-state index contributed by atoms with van der Waals surface area (Å²) in [7, 11) is 0. The number of anilines is 1. The summed E-state index contributed by atoms with van der Waals surface area (Å²) < 4.78 is 5.36. The maximum Gasteiger partial charge on any atom is 0.313 e. The van der Waals surface area contributed by atoms with Crippen molar-refractivity contribution in [2.45, 2.75) is 38.6 Å². The second-order valence-electron chi connectivity index (χ2n) is 5.92. The Bertz CT molecular complexity index is 554. The number of carbonyl (C=O) groups is 2. The van der Waals surface area contributed by atoms with Crippen LogP contribution in [0.4, 0.5) is 5.69 Å². The topological polar surface area (TPSA) is 67.4 Å². The van der Waals surface area contributed by atoms with Gasteiger partial charge in [-0.15, -0.1) is 0 Å². The summed E-state index contributed by atoms with van der Waals surface area (Å²) in [6.07, 6.45) is 5.99. The van der Waals surface area contributed by atoms with Gasteiger partial charge in [-0.2, -0.15) is 0 Å². The molecule has 2 amide bonds. The molecule has 2 N–H and O–H groups in total. The molecule has 1 aliphatic rings. The van der Waals surface area contributed by atoms with Crippen molar-refractivity contribution in [3.63, 3.8) is 0 Å². The minimum absolute atomic E-state index is 0.0941. The number of rotatable bonds is 5. The van der Waals surface area contributed by atoms with E-state index in [4.69, 9.17) is 4.74 Å². The van der Waals surface area contributed by atoms with Gasteiger partial charge >= 0.3 is 11.8 Å². The van der Waals surface area contributed by atoms with Crippen LogP contribution >= 0.6 is 0 Å². The number of amides is 2. The Morgan fingerprint density at radius 1 is 1.22 bits per heavy atom. The zero-order valence-electron chi connectivity index (χ0n) is 13.5. The second-order valence-corrected chi connectivity index (χ2v) is 5.92. The van der Waals surface area contributed by atoms with Gasteiger partial charge in [-0.3, -0.25) is 9.59 Å². The first-order valence-electron chi connectivity index (χ1n) is 8.05. The van der Waals surface area contributed by atoms with Gasteiger partial charge in [0.2, 0.25) is 0 Å². The quantitative estimate of drug-likeness (QED) is 0.648. The summed E-state index contributed by atoms with van der Waals surface area (Å²) in [5, 5.41) is 5.44. The maximum absolute atomic E-state index is 12.0. The molecule has 1 saturated carbocycles. The van der Waals surface area contributed by atoms with Gasteiger partial charge in [-0.1, -0.05) is 32.4 Å². The lowest BCUT2D eigenvalue weighted by molar-refractivity contribution is -0.137. The third-order valence-electron chi connectivity index (χ3n) is 4.11. The van der Waals surface area contributed by atoms with Gasteiger partial charge in [-0.25, -0.2) is 0 Å². The van der Waals surface area contributed by atoms with Gasteiger partial charge in [0.1, 0.15) is 12.4 Å². The fraction of sp³-hybridized carbons (Fsp3) is 0.444. The SMILES string of the molecule is C=CCOc1ccc(NC(=O)C(=O)N[C@@H]2CCCC[C@@H]2C)cc1. The fourth-order valence-corrected chi connectivity index (χ4v) is 2.74. The Morgan fingerprint density at radius 2 is 1.91 bits per heavy atom. The van der Waals surface area contributed by atoms with E-state index < -0.39 is 11.8 Å². The average molecular weight is 316 g/mol. The van der Waals surface area contributed by atoms with E-state index in [1.54, 1.807) is 30.3 Å². The molecule has 1 aromatic carbocycles. The molecule has 23 heavy (non-hydrogen) atoms. The molecule has 0 aliphatic heterocycles. The van der Waals surface area contributed by atoms with Crippen molar-refractivity contribution in [1.82, 2.24) is 5.32 Å². The van der Waals surface area contributed by atoms with Gasteiger partial charge in [0.25, 0.3) is 0 Å². The van der Waals surface area contributed by atoms with E-state index in [2.05, 4.69) is 24.1 Å². The monoisotopic (exact) mass is 316 g/mol. The van der Waals surface area contributed by atoms with Crippen molar-refractivity contribution in [3.8, 4) is 5.75 Å². The molecule has 0 aromatic heterocycles. The van der Waals surface area contributed by atoms with Crippen LogP contribution in [0.2, 0.25) is 0 Å². The van der Waals surface area contributed by atoms with E-state index in [0.717, 1.165) is 19.3 Å². The zero-order chi connectivity index (χ0) is 16.7. The first-order valence-corrected chi connectivity index (χ1v) is 8.05. The first-order chi connectivity index (χ1) is 11.1. The van der Waals surface area contributed by atoms with Crippen LogP contribution in [-0.2, 0) is 9.59 Å². The Balaban J connectivity index is 1.85. The molecule has 0 spiro atoms. The second kappa shape index (κ2) is 8.36. The largest absolute Gasteiger partial charge is 0.490 e. The van der Waals surface area contributed by atoms with Gasteiger partial charge in [0.05, 0.1) is 0 Å². The smallest absolute Gasteiger partial charge is 0.313 e. The zero-order valence-corrected chi connectivity index (χ0v) is 13.5. The molecule has 1 fully saturated rings. The molecular weight excluding hydrogens is 292 g/mol. The molecule has 2 rings (SSSR count). The lowest BCUT2D eigenvalue weighted by Crippen LogP contribution is -2.45. The number of nitrogens with one attached hydrogen (secondary N) is 2. The number of hydrogen-bond acceptors (Lipinski definition) is 3. The van der Waals surface area contributed by atoms with Crippen molar-refractivity contribution >= 4 is 17.5 Å². The molecule has 1 aliphatic carbocycles. The van der Waals surface area contributed by atoms with E-state index in [1.165, 1.54) is 6.42 Å². The van der Waals surface area contributed by atoms with E-state index in [9.17, 15) is 9.59 Å². The Hall–Kier alpha value is -2.30. The van der Waals surface area contributed by atoms with E-state index >= 15 is 0 Å². The third-order valence-corrected chi connectivity index (χ3v) is 4.11. The minimum atomic E-state index is -0.637. The summed E-state index contributed by atoms with van der Waals surface area (Å²) in [4.78, 5) is 24.0. The first kappa shape index (κ1) is 17.1. The summed E-state index contributed by atoms with van der Waals surface area (Å²) in [5.74, 6) is -0.108. The van der Waals surface area contributed by atoms with E-state index in [-0.39, 0.29) is 6.04 Å². The molecule has 2 atom stereocenters. The van der Waals surface area contributed by atoms with E-state index in [0.29, 0.717) is 24.0 Å². The number of ether oxygens (including phenoxy) is 1. The Morgan fingerprint density at radius 3 is 2.57 bits per heavy atom. The molecule has 0 saturated heterocycles. The van der Waals surface area contributed by atoms with Crippen LogP contribution in [0.25, 0.3) is 0 Å². The maximum atomic E-state index is 12.0. The molecule has 124 valence electrons. The summed E-state index contributed by atoms with van der Waals surface area (Å²) in [5.41, 5.74) is 0.563. The predicted octanol–water partition coefficient (Wildman–Crippen LogP) is 2.88. The van der Waals surface area contributed by atoms with Crippen molar-refractivity contribution in [3.05, 3.63) is 36.9 Å². The van der Waals surface area contributed by atoms with Crippen molar-refractivity contribution in [2.75, 3.05) is 11.9 Å². The van der Waals surface area contributed by atoms with Gasteiger partial charge in [0.15, 0.2) is 0 Å². The van der Waals surface area contributed by atoms with Crippen molar-refractivity contribution in [1.29, 1.82) is 0 Å². The summed E-state index contributed by atoms with van der Waals surface area (Å²) in [6.45, 7) is 6.12. The van der Waals surface area contributed by atoms with E-state index in [1.807, 2.05) is 0 Å². The van der Waals surface area contributed by atoms with Crippen LogP contribution in [-0.4, -0.2) is 24.5 Å². The highest BCUT2D eigenvalue weighted by Gasteiger charge is 2.25. The molecule has 0 unspecified atom stereocenters. The molecule has 0 radical (unpaired) electrons. The average Bonchev–Trinajstić information content (AvgIpc) is 2.56. The predicted molar refractivity (Wildman–Crippen MR) is 90.3 cm³/mol. The fourth-order valence-electron chi connectivity index (χ4n) is 2.74.